The molecule has 246 valence electrons. The number of halogens is 2. The Morgan fingerprint density at radius 2 is 1.96 bits per heavy atom. The number of aromatic amines is 1. The van der Waals surface area contributed by atoms with E-state index >= 15 is 4.39 Å². The van der Waals surface area contributed by atoms with Crippen molar-refractivity contribution >= 4 is 56.0 Å². The number of benzene rings is 2. The Morgan fingerprint density at radius 3 is 2.67 bits per heavy atom. The number of nitrogens with zero attached hydrogens (tertiary/aromatic N) is 8. The third-order valence-electron chi connectivity index (χ3n) is 10.5. The van der Waals surface area contributed by atoms with Crippen LogP contribution in [0.2, 0.25) is 5.02 Å². The molecule has 12 heteroatoms. The number of fused-ring (bicyclic) bond motifs is 4. The molecule has 5 aromatic rings. The van der Waals surface area contributed by atoms with Gasteiger partial charge < -0.3 is 14.7 Å². The third kappa shape index (κ3) is 4.87. The zero-order valence-corrected chi connectivity index (χ0v) is 28.7. The Labute approximate surface area is 283 Å². The van der Waals surface area contributed by atoms with Gasteiger partial charge in [0.1, 0.15) is 11.3 Å². The number of aryl methyl sites for hydroxylation is 1. The minimum absolute atomic E-state index is 0.0561. The van der Waals surface area contributed by atoms with Crippen molar-refractivity contribution in [3.05, 3.63) is 46.5 Å². The van der Waals surface area contributed by atoms with E-state index in [1.165, 1.54) is 0 Å². The molecular formula is C36H37ClFN9O. The first-order chi connectivity index (χ1) is 23.0. The van der Waals surface area contributed by atoms with Crippen molar-refractivity contribution in [3.63, 3.8) is 0 Å². The van der Waals surface area contributed by atoms with Crippen molar-refractivity contribution in [2.45, 2.75) is 64.6 Å². The van der Waals surface area contributed by atoms with Crippen LogP contribution in [-0.2, 0) is 4.79 Å². The summed E-state index contributed by atoms with van der Waals surface area (Å²) in [6, 6.07) is 5.59. The molecule has 5 heterocycles. The monoisotopic (exact) mass is 665 g/mol. The van der Waals surface area contributed by atoms with Gasteiger partial charge in [-0.1, -0.05) is 17.5 Å². The fourth-order valence-corrected chi connectivity index (χ4v) is 7.75. The Morgan fingerprint density at radius 1 is 1.19 bits per heavy atom. The van der Waals surface area contributed by atoms with Crippen molar-refractivity contribution < 1.29 is 9.18 Å². The van der Waals surface area contributed by atoms with Gasteiger partial charge in [-0.3, -0.25) is 14.6 Å². The molecule has 0 unspecified atom stereocenters. The minimum Gasteiger partial charge on any atom is -0.352 e. The van der Waals surface area contributed by atoms with Crippen LogP contribution in [0.5, 0.6) is 0 Å². The van der Waals surface area contributed by atoms with E-state index in [0.717, 1.165) is 46.0 Å². The number of H-pyrrole nitrogens is 1. The number of carbonyl (C=O) groups is 1. The van der Waals surface area contributed by atoms with E-state index in [1.807, 2.05) is 30.7 Å². The summed E-state index contributed by atoms with van der Waals surface area (Å²) in [7, 11) is 4.13. The third-order valence-corrected chi connectivity index (χ3v) is 10.8. The number of hydrogen-bond donors (Lipinski definition) is 1. The molecule has 2 atom stereocenters. The maximum Gasteiger partial charge on any atom is 0.298 e. The molecule has 2 aliphatic heterocycles. The first-order valence-corrected chi connectivity index (χ1v) is 16.5. The second-order valence-electron chi connectivity index (χ2n) is 13.6. The lowest BCUT2D eigenvalue weighted by atomic mass is 9.90. The number of amides is 1. The number of nitriles is 1. The lowest BCUT2D eigenvalue weighted by Gasteiger charge is -2.52. The van der Waals surface area contributed by atoms with Gasteiger partial charge in [-0.25, -0.2) is 9.37 Å². The van der Waals surface area contributed by atoms with Crippen LogP contribution < -0.4 is 4.90 Å². The van der Waals surface area contributed by atoms with Crippen molar-refractivity contribution in [1.82, 2.24) is 34.8 Å². The van der Waals surface area contributed by atoms with Crippen LogP contribution in [0.25, 0.3) is 43.8 Å². The van der Waals surface area contributed by atoms with Gasteiger partial charge in [0.05, 0.1) is 57.9 Å². The van der Waals surface area contributed by atoms with Gasteiger partial charge in [-0.05, 0) is 83.8 Å². The molecular weight excluding hydrogens is 629 g/mol. The van der Waals surface area contributed by atoms with Gasteiger partial charge in [0.15, 0.2) is 5.82 Å². The first kappa shape index (κ1) is 31.9. The number of hydrogen-bond acceptors (Lipinski definition) is 7. The van der Waals surface area contributed by atoms with E-state index in [4.69, 9.17) is 21.7 Å². The summed E-state index contributed by atoms with van der Waals surface area (Å²) in [5.74, 6) is 5.20. The molecule has 2 saturated heterocycles. The molecule has 48 heavy (non-hydrogen) atoms. The summed E-state index contributed by atoms with van der Waals surface area (Å²) in [4.78, 5) is 23.9. The zero-order valence-electron chi connectivity index (χ0n) is 27.9. The summed E-state index contributed by atoms with van der Waals surface area (Å²) >= 11 is 7.06. The maximum absolute atomic E-state index is 17.3. The van der Waals surface area contributed by atoms with Crippen molar-refractivity contribution in [2.24, 2.45) is 0 Å². The molecule has 2 aliphatic rings. The molecule has 2 fully saturated rings. The number of anilines is 1. The fourth-order valence-electron chi connectivity index (χ4n) is 7.46. The number of nitrogens with one attached hydrogen (secondary N) is 1. The minimum atomic E-state index is -0.499. The Kier molecular flexibility index (Phi) is 7.81. The molecule has 3 aromatic heterocycles. The SMILES string of the molecule is CC#CC(=O)N1CC[C@H](n2ncc3c(N4CC(C)(N(C)C)C4)nc4c(F)c(-c5c(C)c(C)cc6[nH]ncc56)c(Cl)cc4c32)C[C@H]1CC#N. The predicted octanol–water partition coefficient (Wildman–Crippen LogP) is 6.15. The van der Waals surface area contributed by atoms with Crippen LogP contribution in [0.3, 0.4) is 0 Å². The summed E-state index contributed by atoms with van der Waals surface area (Å²) in [5.41, 5.74) is 4.59. The normalized spacial score (nSPS) is 19.1. The fraction of sp³-hybridized carbons (Fsp3) is 0.417. The summed E-state index contributed by atoms with van der Waals surface area (Å²) in [5, 5.41) is 24.2. The zero-order chi connectivity index (χ0) is 34.1. The highest BCUT2D eigenvalue weighted by Crippen LogP contribution is 2.45. The highest BCUT2D eigenvalue weighted by molar-refractivity contribution is 6.35. The van der Waals surface area contributed by atoms with E-state index in [-0.39, 0.29) is 40.5 Å². The number of carbonyl (C=O) groups excluding carboxylic acids is 1. The number of piperidine rings is 1. The van der Waals surface area contributed by atoms with Crippen LogP contribution in [0.1, 0.15) is 50.3 Å². The van der Waals surface area contributed by atoms with Gasteiger partial charge in [-0.15, -0.1) is 0 Å². The van der Waals surface area contributed by atoms with E-state index in [1.54, 1.807) is 24.2 Å². The second kappa shape index (κ2) is 11.8. The van der Waals surface area contributed by atoms with Crippen LogP contribution in [0, 0.1) is 42.8 Å². The van der Waals surface area contributed by atoms with Crippen molar-refractivity contribution in [1.29, 1.82) is 5.26 Å². The number of likely N-dealkylation sites (N-methyl/N-ethyl adjacent to an activating group) is 1. The predicted molar refractivity (Wildman–Crippen MR) is 186 cm³/mol. The summed E-state index contributed by atoms with van der Waals surface area (Å²) < 4.78 is 19.2. The van der Waals surface area contributed by atoms with Gasteiger partial charge >= 0.3 is 0 Å². The average Bonchev–Trinajstić information content (AvgIpc) is 3.69. The van der Waals surface area contributed by atoms with E-state index in [2.05, 4.69) is 58.9 Å². The van der Waals surface area contributed by atoms with Gasteiger partial charge in [0.25, 0.3) is 5.91 Å². The smallest absolute Gasteiger partial charge is 0.298 e. The number of aromatic nitrogens is 5. The van der Waals surface area contributed by atoms with Gasteiger partial charge in [-0.2, -0.15) is 15.5 Å². The van der Waals surface area contributed by atoms with Crippen molar-refractivity contribution in [2.75, 3.05) is 38.6 Å². The first-order valence-electron chi connectivity index (χ1n) is 16.1. The Bertz CT molecular complexity index is 2230. The molecule has 1 amide bonds. The molecule has 7 rings (SSSR count). The van der Waals surface area contributed by atoms with Crippen LogP contribution in [0.15, 0.2) is 24.5 Å². The topological polar surface area (TPSA) is 110 Å². The number of likely N-dealkylation sites (tertiary alicyclic amines) is 1. The van der Waals surface area contributed by atoms with Crippen molar-refractivity contribution in [3.8, 4) is 29.0 Å². The highest BCUT2D eigenvalue weighted by atomic mass is 35.5. The summed E-state index contributed by atoms with van der Waals surface area (Å²) in [6.07, 6.45) is 4.81. The molecule has 0 spiro atoms. The molecule has 2 aromatic carbocycles. The maximum atomic E-state index is 17.3. The lowest BCUT2D eigenvalue weighted by molar-refractivity contribution is -0.129. The largest absolute Gasteiger partial charge is 0.352 e. The van der Waals surface area contributed by atoms with E-state index < -0.39 is 5.82 Å². The van der Waals surface area contributed by atoms with Gasteiger partial charge in [0, 0.05) is 47.6 Å². The molecule has 1 N–H and O–H groups in total. The number of rotatable bonds is 5. The van der Waals surface area contributed by atoms with Gasteiger partial charge in [0.2, 0.25) is 0 Å². The molecule has 0 saturated carbocycles. The summed E-state index contributed by atoms with van der Waals surface area (Å²) in [6.45, 7) is 9.66. The van der Waals surface area contributed by atoms with E-state index in [9.17, 15) is 10.1 Å². The second-order valence-corrected chi connectivity index (χ2v) is 14.0. The lowest BCUT2D eigenvalue weighted by Crippen LogP contribution is -2.67. The highest BCUT2D eigenvalue weighted by Gasteiger charge is 2.43. The van der Waals surface area contributed by atoms with E-state index in [0.29, 0.717) is 41.7 Å². The molecule has 10 nitrogen and oxygen atoms in total. The Balaban J connectivity index is 1.44. The average molecular weight is 666 g/mol. The van der Waals surface area contributed by atoms with Crippen LogP contribution >= 0.6 is 11.6 Å². The number of pyridine rings is 1. The standard InChI is InChI=1S/C36H37ClFN9O/c1-7-8-29(48)46-12-10-23(14-22(46)9-11-39)47-34-24-15-27(37)31(30-21(3)20(2)13-28-25(30)16-40-43-28)32(38)33(24)42-35(26(34)17-41-47)45-18-36(4,19-45)44(5)6/h13,15-17,22-23H,9-10,12,14,18-19H2,1-6H3,(H,40,43)/t22-,23+/m1/s1. The molecule has 0 aliphatic carbocycles. The quantitative estimate of drug-likeness (QED) is 0.224. The van der Waals surface area contributed by atoms with Crippen LogP contribution in [0.4, 0.5) is 10.2 Å². The Hall–Kier alpha value is -4.71. The van der Waals surface area contributed by atoms with Crippen LogP contribution in [-0.4, -0.2) is 86.0 Å². The molecule has 0 radical (unpaired) electrons. The molecule has 0 bridgehead atoms.